The summed E-state index contributed by atoms with van der Waals surface area (Å²) in [5, 5.41) is 3.42. The molecule has 3 N–H and O–H groups in total. The number of hydrogen-bond donors (Lipinski definition) is 2. The summed E-state index contributed by atoms with van der Waals surface area (Å²) < 4.78 is 0. The minimum Gasteiger partial charge on any atom is -0.384 e. The highest BCUT2D eigenvalue weighted by Gasteiger charge is 2.34. The number of nitrogens with two attached hydrogens (primary N) is 1. The van der Waals surface area contributed by atoms with Crippen LogP contribution in [0.25, 0.3) is 0 Å². The van der Waals surface area contributed by atoms with Crippen molar-refractivity contribution in [2.45, 2.75) is 31.3 Å². The Morgan fingerprint density at radius 3 is 2.94 bits per heavy atom. The lowest BCUT2D eigenvalue weighted by atomic mass is 10.2. The smallest absolute Gasteiger partial charge is 0.131 e. The van der Waals surface area contributed by atoms with Crippen LogP contribution in [0.1, 0.15) is 19.3 Å². The molecule has 1 aromatic rings. The molecule has 0 spiro atoms. The number of nitrogens with one attached hydrogen (secondary N) is 1. The predicted octanol–water partition coefficient (Wildman–Crippen LogP) is 0.707. The Hall–Kier alpha value is -1.36. The van der Waals surface area contributed by atoms with E-state index in [0.29, 0.717) is 11.9 Å². The van der Waals surface area contributed by atoms with E-state index in [1.807, 2.05) is 0 Å². The summed E-state index contributed by atoms with van der Waals surface area (Å²) in [5.74, 6) is 1.37. The van der Waals surface area contributed by atoms with E-state index in [0.717, 1.165) is 18.4 Å². The molecule has 1 aliphatic carbocycles. The van der Waals surface area contributed by atoms with Crippen molar-refractivity contribution in [3.63, 3.8) is 0 Å². The Morgan fingerprint density at radius 2 is 2.19 bits per heavy atom. The van der Waals surface area contributed by atoms with Crippen molar-refractivity contribution < 1.29 is 0 Å². The van der Waals surface area contributed by atoms with Gasteiger partial charge in [0, 0.05) is 31.2 Å². The quantitative estimate of drug-likeness (QED) is 0.783. The van der Waals surface area contributed by atoms with Gasteiger partial charge in [0.25, 0.3) is 0 Å². The van der Waals surface area contributed by atoms with Gasteiger partial charge in [0.05, 0.1) is 0 Å². The molecule has 2 heterocycles. The third-order valence-corrected chi connectivity index (χ3v) is 3.32. The highest BCUT2D eigenvalue weighted by molar-refractivity contribution is 5.44. The highest BCUT2D eigenvalue weighted by Crippen LogP contribution is 2.30. The number of anilines is 2. The van der Waals surface area contributed by atoms with E-state index in [4.69, 9.17) is 5.73 Å². The molecule has 86 valence electrons. The van der Waals surface area contributed by atoms with Crippen LogP contribution in [-0.4, -0.2) is 40.0 Å². The topological polar surface area (TPSA) is 67.1 Å². The maximum Gasteiger partial charge on any atom is 0.131 e. The van der Waals surface area contributed by atoms with Gasteiger partial charge in [0.2, 0.25) is 0 Å². The average molecular weight is 219 g/mol. The molecule has 3 rings (SSSR count). The van der Waals surface area contributed by atoms with Crippen molar-refractivity contribution in [3.05, 3.63) is 12.4 Å². The van der Waals surface area contributed by atoms with Gasteiger partial charge >= 0.3 is 0 Å². The fourth-order valence-electron chi connectivity index (χ4n) is 2.34. The summed E-state index contributed by atoms with van der Waals surface area (Å²) in [6.45, 7) is 2.34. The van der Waals surface area contributed by atoms with Crippen molar-refractivity contribution in [2.75, 3.05) is 24.1 Å². The summed E-state index contributed by atoms with van der Waals surface area (Å²) in [4.78, 5) is 10.6. The molecule has 5 nitrogen and oxygen atoms in total. The fraction of sp³-hybridized carbons (Fsp3) is 0.636. The van der Waals surface area contributed by atoms with Crippen LogP contribution in [0.5, 0.6) is 0 Å². The number of nitrogens with zero attached hydrogens (tertiary/aromatic N) is 3. The van der Waals surface area contributed by atoms with Crippen molar-refractivity contribution in [1.29, 1.82) is 0 Å². The fourth-order valence-corrected chi connectivity index (χ4v) is 2.34. The van der Waals surface area contributed by atoms with Gasteiger partial charge in [-0.3, -0.25) is 4.90 Å². The monoisotopic (exact) mass is 219 g/mol. The Balaban J connectivity index is 1.59. The van der Waals surface area contributed by atoms with E-state index >= 15 is 0 Å². The SMILES string of the molecule is Nc1cc(NC2CCN(C3CC3)C2)ncn1. The molecule has 0 aromatic carbocycles. The molecule has 0 bridgehead atoms. The van der Waals surface area contributed by atoms with E-state index in [2.05, 4.69) is 20.2 Å². The van der Waals surface area contributed by atoms with E-state index in [9.17, 15) is 0 Å². The van der Waals surface area contributed by atoms with Crippen molar-refractivity contribution in [3.8, 4) is 0 Å². The second-order valence-electron chi connectivity index (χ2n) is 4.68. The van der Waals surface area contributed by atoms with E-state index in [1.54, 1.807) is 6.07 Å². The zero-order chi connectivity index (χ0) is 11.0. The maximum absolute atomic E-state index is 5.62. The van der Waals surface area contributed by atoms with Crippen LogP contribution in [0.2, 0.25) is 0 Å². The summed E-state index contributed by atoms with van der Waals surface area (Å²) in [5.41, 5.74) is 5.62. The third kappa shape index (κ3) is 2.09. The second kappa shape index (κ2) is 3.90. The second-order valence-corrected chi connectivity index (χ2v) is 4.68. The molecular weight excluding hydrogens is 202 g/mol. The van der Waals surface area contributed by atoms with Gasteiger partial charge in [-0.15, -0.1) is 0 Å². The number of hydrogen-bond acceptors (Lipinski definition) is 5. The van der Waals surface area contributed by atoms with Crippen LogP contribution >= 0.6 is 0 Å². The molecular formula is C11H17N5. The van der Waals surface area contributed by atoms with E-state index < -0.39 is 0 Å². The largest absolute Gasteiger partial charge is 0.384 e. The average Bonchev–Trinajstić information content (AvgIpc) is 3.01. The zero-order valence-corrected chi connectivity index (χ0v) is 9.26. The first-order valence-corrected chi connectivity index (χ1v) is 5.89. The van der Waals surface area contributed by atoms with Crippen molar-refractivity contribution in [1.82, 2.24) is 14.9 Å². The zero-order valence-electron chi connectivity index (χ0n) is 9.26. The van der Waals surface area contributed by atoms with Gasteiger partial charge in [0.1, 0.15) is 18.0 Å². The lowest BCUT2D eigenvalue weighted by Crippen LogP contribution is -2.28. The van der Waals surface area contributed by atoms with Crippen LogP contribution in [0, 0.1) is 0 Å². The molecule has 1 aromatic heterocycles. The van der Waals surface area contributed by atoms with Gasteiger partial charge in [-0.25, -0.2) is 9.97 Å². The van der Waals surface area contributed by atoms with E-state index in [-0.39, 0.29) is 0 Å². The van der Waals surface area contributed by atoms with Crippen LogP contribution in [0.4, 0.5) is 11.6 Å². The van der Waals surface area contributed by atoms with Crippen LogP contribution in [0.3, 0.4) is 0 Å². The van der Waals surface area contributed by atoms with Gasteiger partial charge in [-0.1, -0.05) is 0 Å². The minimum absolute atomic E-state index is 0.509. The molecule has 16 heavy (non-hydrogen) atoms. The summed E-state index contributed by atoms with van der Waals surface area (Å²) in [6, 6.07) is 3.16. The first-order chi connectivity index (χ1) is 7.81. The standard InChI is InChI=1S/C11H17N5/c12-10-5-11(14-7-13-10)15-8-3-4-16(6-8)9-1-2-9/h5,7-9H,1-4,6H2,(H3,12,13,14,15). The molecule has 1 aliphatic heterocycles. The number of aromatic nitrogens is 2. The Kier molecular flexibility index (Phi) is 2.40. The Bertz CT molecular complexity index is 376. The molecule has 1 saturated carbocycles. The van der Waals surface area contributed by atoms with Crippen LogP contribution < -0.4 is 11.1 Å². The lowest BCUT2D eigenvalue weighted by Gasteiger charge is -2.16. The van der Waals surface area contributed by atoms with Gasteiger partial charge in [-0.05, 0) is 19.3 Å². The molecule has 1 unspecified atom stereocenters. The normalized spacial score (nSPS) is 25.9. The molecule has 1 saturated heterocycles. The maximum atomic E-state index is 5.62. The molecule has 2 aliphatic rings. The number of nitrogen functional groups attached to an aromatic ring is 1. The predicted molar refractivity (Wildman–Crippen MR) is 63.1 cm³/mol. The Labute approximate surface area is 95.1 Å². The molecule has 1 atom stereocenters. The van der Waals surface area contributed by atoms with Crippen LogP contribution in [-0.2, 0) is 0 Å². The number of rotatable bonds is 3. The molecule has 2 fully saturated rings. The van der Waals surface area contributed by atoms with Crippen LogP contribution in [0.15, 0.2) is 12.4 Å². The highest BCUT2D eigenvalue weighted by atomic mass is 15.2. The summed E-state index contributed by atoms with van der Waals surface area (Å²) in [7, 11) is 0. The first kappa shape index (κ1) is 9.84. The minimum atomic E-state index is 0.509. The van der Waals surface area contributed by atoms with Gasteiger partial charge < -0.3 is 11.1 Å². The summed E-state index contributed by atoms with van der Waals surface area (Å²) in [6.07, 6.45) is 5.46. The number of likely N-dealkylation sites (tertiary alicyclic amines) is 1. The van der Waals surface area contributed by atoms with E-state index in [1.165, 1.54) is 32.1 Å². The third-order valence-electron chi connectivity index (χ3n) is 3.32. The summed E-state index contributed by atoms with van der Waals surface area (Å²) >= 11 is 0. The van der Waals surface area contributed by atoms with Crippen molar-refractivity contribution >= 4 is 11.6 Å². The van der Waals surface area contributed by atoms with Gasteiger partial charge in [0.15, 0.2) is 0 Å². The molecule has 0 radical (unpaired) electrons. The molecule has 5 heteroatoms. The molecule has 0 amide bonds. The van der Waals surface area contributed by atoms with Gasteiger partial charge in [-0.2, -0.15) is 0 Å². The Morgan fingerprint density at radius 1 is 1.31 bits per heavy atom. The van der Waals surface area contributed by atoms with Crippen molar-refractivity contribution in [2.24, 2.45) is 0 Å². The first-order valence-electron chi connectivity index (χ1n) is 5.89. The lowest BCUT2D eigenvalue weighted by molar-refractivity contribution is 0.326.